The molecule has 0 aliphatic rings. The van der Waals surface area contributed by atoms with Gasteiger partial charge in [-0.2, -0.15) is 9.78 Å². The first-order valence-corrected chi connectivity index (χ1v) is 7.65. The number of alkyl halides is 1. The third-order valence-electron chi connectivity index (χ3n) is 3.67. The van der Waals surface area contributed by atoms with Crippen molar-refractivity contribution in [1.82, 2.24) is 9.78 Å². The van der Waals surface area contributed by atoms with Crippen molar-refractivity contribution in [1.29, 1.82) is 0 Å². The van der Waals surface area contributed by atoms with Crippen molar-refractivity contribution in [3.8, 4) is 11.1 Å². The van der Waals surface area contributed by atoms with E-state index in [1.165, 1.54) is 24.4 Å². The van der Waals surface area contributed by atoms with Crippen LogP contribution in [0.5, 0.6) is 0 Å². The maximum absolute atomic E-state index is 14.1. The summed E-state index contributed by atoms with van der Waals surface area (Å²) < 4.78 is 54.0. The minimum Gasteiger partial charge on any atom is -0.305 e. The van der Waals surface area contributed by atoms with E-state index >= 15 is 0 Å². The molecule has 0 aliphatic carbocycles. The van der Waals surface area contributed by atoms with E-state index < -0.39 is 30.2 Å². The summed E-state index contributed by atoms with van der Waals surface area (Å²) in [5.74, 6) is -3.47. The molecule has 1 N–H and O–H groups in total. The highest BCUT2D eigenvalue weighted by Crippen LogP contribution is 2.31. The zero-order valence-corrected chi connectivity index (χ0v) is 13.3. The van der Waals surface area contributed by atoms with E-state index in [9.17, 15) is 22.4 Å². The fraction of sp³-hybridized carbons (Fsp3) is 0.111. The number of halogens is 4. The van der Waals surface area contributed by atoms with Crippen LogP contribution in [0.25, 0.3) is 11.1 Å². The number of para-hydroxylation sites is 1. The summed E-state index contributed by atoms with van der Waals surface area (Å²) in [6.07, 6.45) is 1.44. The number of benzene rings is 2. The van der Waals surface area contributed by atoms with Crippen LogP contribution in [0.15, 0.2) is 48.7 Å². The van der Waals surface area contributed by atoms with E-state index in [0.29, 0.717) is 11.8 Å². The largest absolute Gasteiger partial charge is 0.346 e. The number of rotatable bonds is 4. The summed E-state index contributed by atoms with van der Waals surface area (Å²) in [4.78, 5) is 12.3. The van der Waals surface area contributed by atoms with Gasteiger partial charge in [-0.3, -0.25) is 4.39 Å². The van der Waals surface area contributed by atoms with Gasteiger partial charge in [-0.1, -0.05) is 18.2 Å². The van der Waals surface area contributed by atoms with E-state index in [-0.39, 0.29) is 23.2 Å². The molecule has 0 saturated carbocycles. The second-order valence-corrected chi connectivity index (χ2v) is 5.41. The predicted octanol–water partition coefficient (Wildman–Crippen LogP) is 4.56. The van der Waals surface area contributed by atoms with Crippen molar-refractivity contribution < 1.29 is 22.4 Å². The Balaban J connectivity index is 1.92. The van der Waals surface area contributed by atoms with Crippen LogP contribution in [0.2, 0.25) is 0 Å². The van der Waals surface area contributed by atoms with Gasteiger partial charge in [0, 0.05) is 29.8 Å². The van der Waals surface area contributed by atoms with Gasteiger partial charge in [0.25, 0.3) is 0 Å². The van der Waals surface area contributed by atoms with Gasteiger partial charge in [0.05, 0.1) is 18.1 Å². The SMILES string of the molecule is O=C(Nc1ccccc1-c1cc(F)c(F)cc1F)n1ccc(CCF)n1. The Morgan fingerprint density at radius 2 is 1.73 bits per heavy atom. The first kappa shape index (κ1) is 17.7. The lowest BCUT2D eigenvalue weighted by Crippen LogP contribution is -2.20. The molecule has 8 heteroatoms. The molecule has 3 aromatic rings. The summed E-state index contributed by atoms with van der Waals surface area (Å²) in [5.41, 5.74) is 0.569. The second kappa shape index (κ2) is 7.38. The molecule has 1 heterocycles. The van der Waals surface area contributed by atoms with Crippen molar-refractivity contribution in [3.63, 3.8) is 0 Å². The van der Waals surface area contributed by atoms with E-state index in [1.54, 1.807) is 12.1 Å². The molecule has 0 unspecified atom stereocenters. The van der Waals surface area contributed by atoms with Gasteiger partial charge in [0.15, 0.2) is 11.6 Å². The number of hydrogen-bond donors (Lipinski definition) is 1. The van der Waals surface area contributed by atoms with E-state index in [4.69, 9.17) is 0 Å². The summed E-state index contributed by atoms with van der Waals surface area (Å²) in [6.45, 7) is -0.600. The standard InChI is InChI=1S/C18H13F4N3O/c19-7-5-11-6-8-25(24-11)18(26)23-17-4-2-1-3-12(17)13-9-15(21)16(22)10-14(13)20/h1-4,6,8-10H,5,7H2,(H,23,26). The smallest absolute Gasteiger partial charge is 0.305 e. The number of nitrogens with one attached hydrogen (secondary N) is 1. The molecule has 0 aliphatic heterocycles. The number of aromatic nitrogens is 2. The fourth-order valence-corrected chi connectivity index (χ4v) is 2.43. The van der Waals surface area contributed by atoms with Gasteiger partial charge in [0.1, 0.15) is 5.82 Å². The lowest BCUT2D eigenvalue weighted by molar-refractivity contribution is 0.250. The maximum Gasteiger partial charge on any atom is 0.346 e. The quantitative estimate of drug-likeness (QED) is 0.546. The van der Waals surface area contributed by atoms with Crippen LogP contribution in [0.1, 0.15) is 5.69 Å². The number of amides is 1. The Bertz CT molecular complexity index is 955. The number of carbonyl (C=O) groups is 1. The van der Waals surface area contributed by atoms with Crippen LogP contribution in [0.4, 0.5) is 28.0 Å². The van der Waals surface area contributed by atoms with Gasteiger partial charge in [0.2, 0.25) is 0 Å². The Kier molecular flexibility index (Phi) is 5.01. The highest BCUT2D eigenvalue weighted by molar-refractivity contribution is 5.95. The Morgan fingerprint density at radius 3 is 2.50 bits per heavy atom. The molecule has 0 fully saturated rings. The first-order chi connectivity index (χ1) is 12.5. The molecule has 0 radical (unpaired) electrons. The average Bonchev–Trinajstić information content (AvgIpc) is 3.08. The first-order valence-electron chi connectivity index (χ1n) is 7.65. The minimum absolute atomic E-state index is 0.0803. The number of anilines is 1. The molecule has 0 spiro atoms. The third-order valence-corrected chi connectivity index (χ3v) is 3.67. The molecule has 26 heavy (non-hydrogen) atoms. The number of nitrogens with zero attached hydrogens (tertiary/aromatic N) is 2. The molecule has 0 saturated heterocycles. The van der Waals surface area contributed by atoms with Crippen LogP contribution in [-0.2, 0) is 6.42 Å². The molecule has 3 rings (SSSR count). The van der Waals surface area contributed by atoms with E-state index in [1.807, 2.05) is 0 Å². The van der Waals surface area contributed by atoms with Gasteiger partial charge in [-0.05, 0) is 18.2 Å². The van der Waals surface area contributed by atoms with Crippen molar-refractivity contribution in [3.05, 3.63) is 71.8 Å². The Hall–Kier alpha value is -3.16. The molecule has 134 valence electrons. The normalized spacial score (nSPS) is 10.8. The predicted molar refractivity (Wildman–Crippen MR) is 88.1 cm³/mol. The zero-order valence-electron chi connectivity index (χ0n) is 13.3. The highest BCUT2D eigenvalue weighted by atomic mass is 19.2. The summed E-state index contributed by atoms with van der Waals surface area (Å²) in [6, 6.07) is 8.12. The van der Waals surface area contributed by atoms with Crippen molar-refractivity contribution in [2.24, 2.45) is 0 Å². The van der Waals surface area contributed by atoms with Crippen LogP contribution in [0.3, 0.4) is 0 Å². The molecule has 1 amide bonds. The lowest BCUT2D eigenvalue weighted by atomic mass is 10.0. The zero-order chi connectivity index (χ0) is 18.7. The lowest BCUT2D eigenvalue weighted by Gasteiger charge is -2.12. The molecule has 1 aromatic heterocycles. The second-order valence-electron chi connectivity index (χ2n) is 5.41. The van der Waals surface area contributed by atoms with E-state index in [0.717, 1.165) is 10.7 Å². The summed E-state index contributed by atoms with van der Waals surface area (Å²) in [5, 5.41) is 6.45. The van der Waals surface area contributed by atoms with Gasteiger partial charge in [-0.15, -0.1) is 0 Å². The van der Waals surface area contributed by atoms with E-state index in [2.05, 4.69) is 10.4 Å². The Morgan fingerprint density at radius 1 is 1.00 bits per heavy atom. The minimum atomic E-state index is -1.30. The maximum atomic E-state index is 14.1. The topological polar surface area (TPSA) is 46.9 Å². The molecular weight excluding hydrogens is 350 g/mol. The molecule has 0 bridgehead atoms. The Labute approximate surface area is 146 Å². The van der Waals surface area contributed by atoms with Crippen molar-refractivity contribution in [2.75, 3.05) is 12.0 Å². The third kappa shape index (κ3) is 3.58. The number of aryl methyl sites for hydroxylation is 1. The number of hydrogen-bond acceptors (Lipinski definition) is 2. The van der Waals surface area contributed by atoms with Gasteiger partial charge in [-0.25, -0.2) is 18.0 Å². The van der Waals surface area contributed by atoms with Crippen LogP contribution in [0, 0.1) is 17.5 Å². The highest BCUT2D eigenvalue weighted by Gasteiger charge is 2.16. The molecule has 4 nitrogen and oxygen atoms in total. The summed E-state index contributed by atoms with van der Waals surface area (Å²) in [7, 11) is 0. The molecule has 2 aromatic carbocycles. The van der Waals surface area contributed by atoms with Crippen LogP contribution in [-0.4, -0.2) is 22.5 Å². The van der Waals surface area contributed by atoms with Gasteiger partial charge >= 0.3 is 6.03 Å². The average molecular weight is 363 g/mol. The summed E-state index contributed by atoms with van der Waals surface area (Å²) >= 11 is 0. The number of carbonyl (C=O) groups excluding carboxylic acids is 1. The monoisotopic (exact) mass is 363 g/mol. The van der Waals surface area contributed by atoms with Crippen LogP contribution >= 0.6 is 0 Å². The fourth-order valence-electron chi connectivity index (χ4n) is 2.43. The molecule has 0 atom stereocenters. The van der Waals surface area contributed by atoms with Crippen molar-refractivity contribution in [2.45, 2.75) is 6.42 Å². The van der Waals surface area contributed by atoms with Gasteiger partial charge < -0.3 is 5.32 Å². The molecular formula is C18H13F4N3O. The van der Waals surface area contributed by atoms with Crippen molar-refractivity contribution >= 4 is 11.7 Å². The van der Waals surface area contributed by atoms with Crippen LogP contribution < -0.4 is 5.32 Å².